The summed E-state index contributed by atoms with van der Waals surface area (Å²) in [6, 6.07) is 0. The highest BCUT2D eigenvalue weighted by atomic mass is 16.4. The molecule has 16 heavy (non-hydrogen) atoms. The third-order valence-electron chi connectivity index (χ3n) is 3.43. The molecule has 1 saturated carbocycles. The van der Waals surface area contributed by atoms with Crippen molar-refractivity contribution in [2.75, 3.05) is 0 Å². The van der Waals surface area contributed by atoms with Gasteiger partial charge in [0.15, 0.2) is 0 Å². The third-order valence-corrected chi connectivity index (χ3v) is 3.43. The maximum atomic E-state index is 10.4. The van der Waals surface area contributed by atoms with Crippen molar-refractivity contribution >= 4 is 5.97 Å². The molecule has 0 saturated heterocycles. The first-order valence-electron chi connectivity index (χ1n) is 5.90. The monoisotopic (exact) mass is 222 g/mol. The zero-order chi connectivity index (χ0) is 11.5. The first-order valence-corrected chi connectivity index (χ1v) is 5.90. The van der Waals surface area contributed by atoms with E-state index in [9.17, 15) is 4.79 Å². The molecule has 0 amide bonds. The lowest BCUT2D eigenvalue weighted by Gasteiger charge is -2.25. The predicted octanol–water partition coefficient (Wildman–Crippen LogP) is 2.09. The Morgan fingerprint density at radius 2 is 2.38 bits per heavy atom. The number of aliphatic carboxylic acids is 1. The molecule has 1 N–H and O–H groups in total. The average Bonchev–Trinajstić information content (AvgIpc) is 2.47. The van der Waals surface area contributed by atoms with Crippen LogP contribution in [0.15, 0.2) is 6.20 Å². The SMILES string of the molecule is Cn1c(C2CCC2)cnc1CCCC(=O)O. The summed E-state index contributed by atoms with van der Waals surface area (Å²) < 4.78 is 2.14. The molecule has 0 spiro atoms. The first-order chi connectivity index (χ1) is 7.68. The number of aryl methyl sites for hydroxylation is 1. The molecular formula is C12H18N2O2. The van der Waals surface area contributed by atoms with Gasteiger partial charge in [-0.3, -0.25) is 4.79 Å². The Morgan fingerprint density at radius 1 is 1.62 bits per heavy atom. The fourth-order valence-electron chi connectivity index (χ4n) is 2.18. The van der Waals surface area contributed by atoms with Gasteiger partial charge in [0.25, 0.3) is 0 Å². The van der Waals surface area contributed by atoms with Crippen molar-refractivity contribution in [2.24, 2.45) is 7.05 Å². The average molecular weight is 222 g/mol. The standard InChI is InChI=1S/C12H18N2O2/c1-14-10(9-4-2-5-9)8-13-11(14)6-3-7-12(15)16/h8-9H,2-7H2,1H3,(H,15,16). The van der Waals surface area contributed by atoms with Crippen LogP contribution in [0.3, 0.4) is 0 Å². The van der Waals surface area contributed by atoms with Crippen LogP contribution in [-0.4, -0.2) is 20.6 Å². The maximum absolute atomic E-state index is 10.4. The zero-order valence-electron chi connectivity index (χ0n) is 9.65. The number of carbonyl (C=O) groups is 1. The highest BCUT2D eigenvalue weighted by Crippen LogP contribution is 2.36. The molecular weight excluding hydrogens is 204 g/mol. The van der Waals surface area contributed by atoms with Gasteiger partial charge >= 0.3 is 5.97 Å². The Kier molecular flexibility index (Phi) is 3.27. The summed E-state index contributed by atoms with van der Waals surface area (Å²) in [5, 5.41) is 8.57. The van der Waals surface area contributed by atoms with Crippen molar-refractivity contribution < 1.29 is 9.90 Å². The van der Waals surface area contributed by atoms with Crippen LogP contribution >= 0.6 is 0 Å². The molecule has 0 atom stereocenters. The van der Waals surface area contributed by atoms with Crippen molar-refractivity contribution in [3.63, 3.8) is 0 Å². The topological polar surface area (TPSA) is 55.1 Å². The second kappa shape index (κ2) is 4.68. The van der Waals surface area contributed by atoms with Gasteiger partial charge in [-0.25, -0.2) is 4.98 Å². The summed E-state index contributed by atoms with van der Waals surface area (Å²) in [4.78, 5) is 14.8. The summed E-state index contributed by atoms with van der Waals surface area (Å²) in [6.07, 6.45) is 7.48. The lowest BCUT2D eigenvalue weighted by Crippen LogP contribution is -2.13. The lowest BCUT2D eigenvalue weighted by atomic mass is 9.83. The number of carboxylic acids is 1. The van der Waals surface area contributed by atoms with Crippen LogP contribution in [0, 0.1) is 0 Å². The van der Waals surface area contributed by atoms with E-state index in [-0.39, 0.29) is 6.42 Å². The Morgan fingerprint density at radius 3 is 2.94 bits per heavy atom. The molecule has 0 aromatic carbocycles. The van der Waals surface area contributed by atoms with Crippen LogP contribution < -0.4 is 0 Å². The molecule has 0 bridgehead atoms. The Hall–Kier alpha value is -1.32. The molecule has 1 aliphatic carbocycles. The van der Waals surface area contributed by atoms with Crippen molar-refractivity contribution in [1.82, 2.24) is 9.55 Å². The minimum Gasteiger partial charge on any atom is -0.481 e. The van der Waals surface area contributed by atoms with Gasteiger partial charge in [0, 0.05) is 37.7 Å². The van der Waals surface area contributed by atoms with Crippen LogP contribution in [0.2, 0.25) is 0 Å². The van der Waals surface area contributed by atoms with E-state index < -0.39 is 5.97 Å². The van der Waals surface area contributed by atoms with E-state index in [0.717, 1.165) is 12.2 Å². The van der Waals surface area contributed by atoms with E-state index in [2.05, 4.69) is 9.55 Å². The first kappa shape index (κ1) is 11.2. The molecule has 1 fully saturated rings. The van der Waals surface area contributed by atoms with Crippen LogP contribution in [0.25, 0.3) is 0 Å². The lowest BCUT2D eigenvalue weighted by molar-refractivity contribution is -0.137. The van der Waals surface area contributed by atoms with Crippen molar-refractivity contribution in [1.29, 1.82) is 0 Å². The minimum atomic E-state index is -0.728. The van der Waals surface area contributed by atoms with Gasteiger partial charge in [-0.15, -0.1) is 0 Å². The highest BCUT2D eigenvalue weighted by molar-refractivity contribution is 5.66. The molecule has 0 unspecified atom stereocenters. The summed E-state index contributed by atoms with van der Waals surface area (Å²) >= 11 is 0. The van der Waals surface area contributed by atoms with Gasteiger partial charge < -0.3 is 9.67 Å². The highest BCUT2D eigenvalue weighted by Gasteiger charge is 2.23. The van der Waals surface area contributed by atoms with Crippen LogP contribution in [0.4, 0.5) is 0 Å². The molecule has 4 nitrogen and oxygen atoms in total. The number of imidazole rings is 1. The Labute approximate surface area is 95.3 Å². The Bertz CT molecular complexity index is 380. The van der Waals surface area contributed by atoms with Crippen molar-refractivity contribution in [2.45, 2.75) is 44.4 Å². The van der Waals surface area contributed by atoms with E-state index in [4.69, 9.17) is 5.11 Å². The predicted molar refractivity (Wildman–Crippen MR) is 60.4 cm³/mol. The van der Waals surface area contributed by atoms with Crippen LogP contribution in [0.1, 0.15) is 49.5 Å². The summed E-state index contributed by atoms with van der Waals surface area (Å²) in [6.45, 7) is 0. The summed E-state index contributed by atoms with van der Waals surface area (Å²) in [5.41, 5.74) is 1.32. The molecule has 1 aromatic rings. The molecule has 0 aliphatic heterocycles. The molecule has 88 valence electrons. The number of rotatable bonds is 5. The van der Waals surface area contributed by atoms with E-state index in [1.54, 1.807) is 0 Å². The summed E-state index contributed by atoms with van der Waals surface area (Å²) in [7, 11) is 2.04. The van der Waals surface area contributed by atoms with Gasteiger partial charge in [-0.05, 0) is 19.3 Å². The van der Waals surface area contributed by atoms with Gasteiger partial charge in [-0.2, -0.15) is 0 Å². The number of nitrogens with zero attached hydrogens (tertiary/aromatic N) is 2. The molecule has 1 heterocycles. The Balaban J connectivity index is 1.94. The second-order valence-electron chi connectivity index (χ2n) is 4.53. The fourth-order valence-corrected chi connectivity index (χ4v) is 2.18. The third kappa shape index (κ3) is 2.26. The second-order valence-corrected chi connectivity index (χ2v) is 4.53. The number of carboxylic acid groups (broad SMARTS) is 1. The van der Waals surface area contributed by atoms with Gasteiger partial charge in [-0.1, -0.05) is 6.42 Å². The minimum absolute atomic E-state index is 0.228. The quantitative estimate of drug-likeness (QED) is 0.830. The largest absolute Gasteiger partial charge is 0.481 e. The van der Waals surface area contributed by atoms with Crippen LogP contribution in [-0.2, 0) is 18.3 Å². The number of hydrogen-bond acceptors (Lipinski definition) is 2. The van der Waals surface area contributed by atoms with E-state index in [1.165, 1.54) is 25.0 Å². The molecule has 0 radical (unpaired) electrons. The van der Waals surface area contributed by atoms with Crippen molar-refractivity contribution in [3.8, 4) is 0 Å². The van der Waals surface area contributed by atoms with E-state index in [0.29, 0.717) is 12.3 Å². The van der Waals surface area contributed by atoms with Gasteiger partial charge in [0.1, 0.15) is 5.82 Å². The molecule has 4 heteroatoms. The maximum Gasteiger partial charge on any atom is 0.303 e. The van der Waals surface area contributed by atoms with E-state index in [1.807, 2.05) is 13.2 Å². The molecule has 2 rings (SSSR count). The van der Waals surface area contributed by atoms with E-state index >= 15 is 0 Å². The zero-order valence-corrected chi connectivity index (χ0v) is 9.65. The smallest absolute Gasteiger partial charge is 0.303 e. The van der Waals surface area contributed by atoms with Gasteiger partial charge in [0.05, 0.1) is 0 Å². The normalized spacial score (nSPS) is 16.1. The van der Waals surface area contributed by atoms with Crippen molar-refractivity contribution in [3.05, 3.63) is 17.7 Å². The van der Waals surface area contributed by atoms with Crippen LogP contribution in [0.5, 0.6) is 0 Å². The van der Waals surface area contributed by atoms with Gasteiger partial charge in [0.2, 0.25) is 0 Å². The number of aromatic nitrogens is 2. The molecule has 1 aromatic heterocycles. The molecule has 1 aliphatic rings. The fraction of sp³-hybridized carbons (Fsp3) is 0.667. The number of hydrogen-bond donors (Lipinski definition) is 1. The summed E-state index contributed by atoms with van der Waals surface area (Å²) in [5.74, 6) is 0.974.